The van der Waals surface area contributed by atoms with Crippen LogP contribution in [0.3, 0.4) is 0 Å². The summed E-state index contributed by atoms with van der Waals surface area (Å²) in [7, 11) is 2.13. The van der Waals surface area contributed by atoms with Crippen LogP contribution in [0, 0.1) is 0 Å². The summed E-state index contributed by atoms with van der Waals surface area (Å²) in [5, 5.41) is 3.06. The summed E-state index contributed by atoms with van der Waals surface area (Å²) in [6.45, 7) is 9.69. The van der Waals surface area contributed by atoms with E-state index in [0.29, 0.717) is 25.7 Å². The number of hydrogen-bond donors (Lipinski definition) is 1. The summed E-state index contributed by atoms with van der Waals surface area (Å²) in [4.78, 5) is 16.9. The number of piperazine rings is 1. The van der Waals surface area contributed by atoms with E-state index in [2.05, 4.69) is 48.1 Å². The lowest BCUT2D eigenvalue weighted by molar-refractivity contribution is -0.123. The molecule has 0 spiro atoms. The lowest BCUT2D eigenvalue weighted by Crippen LogP contribution is -2.53. The van der Waals surface area contributed by atoms with E-state index in [9.17, 15) is 4.79 Å². The van der Waals surface area contributed by atoms with E-state index in [1.807, 2.05) is 12.1 Å². The van der Waals surface area contributed by atoms with E-state index in [0.717, 1.165) is 43.8 Å². The first-order valence-corrected chi connectivity index (χ1v) is 8.94. The number of carbonyl (C=O) groups is 1. The van der Waals surface area contributed by atoms with Gasteiger partial charge in [0, 0.05) is 38.8 Å². The van der Waals surface area contributed by atoms with Gasteiger partial charge in [-0.2, -0.15) is 0 Å². The van der Waals surface area contributed by atoms with E-state index in [4.69, 9.17) is 4.74 Å². The largest absolute Gasteiger partial charge is 0.377 e. The van der Waals surface area contributed by atoms with Crippen molar-refractivity contribution in [1.82, 2.24) is 15.1 Å². The van der Waals surface area contributed by atoms with E-state index >= 15 is 0 Å². The first-order chi connectivity index (χ1) is 11.6. The van der Waals surface area contributed by atoms with Crippen LogP contribution in [0.25, 0.3) is 0 Å². The van der Waals surface area contributed by atoms with Gasteiger partial charge in [-0.3, -0.25) is 9.69 Å². The molecule has 1 heterocycles. The molecule has 1 aliphatic rings. The standard InChI is InChI=1S/C19H31N3O2/c1-4-11-24-15-18-8-6-5-7-17(18)12-20-19(23)14-22-10-9-21(3)13-16(22)2/h5-8,16H,4,9-15H2,1-3H3,(H,20,23)/t16-/m0/s1. The van der Waals surface area contributed by atoms with Crippen LogP contribution in [-0.2, 0) is 22.7 Å². The molecule has 0 radical (unpaired) electrons. The Kier molecular flexibility index (Phi) is 7.69. The number of carbonyl (C=O) groups excluding carboxylic acids is 1. The van der Waals surface area contributed by atoms with Crippen molar-refractivity contribution in [3.63, 3.8) is 0 Å². The SMILES string of the molecule is CCCOCc1ccccc1CNC(=O)CN1CCN(C)C[C@@H]1C. The van der Waals surface area contributed by atoms with Crippen LogP contribution in [0.4, 0.5) is 0 Å². The Bertz CT molecular complexity index is 521. The normalized spacial score (nSPS) is 19.4. The maximum atomic E-state index is 12.3. The van der Waals surface area contributed by atoms with E-state index in [-0.39, 0.29) is 5.91 Å². The Morgan fingerprint density at radius 3 is 2.75 bits per heavy atom. The average Bonchev–Trinajstić information content (AvgIpc) is 2.57. The second kappa shape index (κ2) is 9.77. The highest BCUT2D eigenvalue weighted by molar-refractivity contribution is 5.78. The number of amides is 1. The highest BCUT2D eigenvalue weighted by atomic mass is 16.5. The Balaban J connectivity index is 1.81. The van der Waals surface area contributed by atoms with Crippen molar-refractivity contribution in [2.45, 2.75) is 39.5 Å². The number of benzene rings is 1. The molecule has 1 N–H and O–H groups in total. The molecule has 134 valence electrons. The zero-order valence-corrected chi connectivity index (χ0v) is 15.3. The molecule has 1 aliphatic heterocycles. The van der Waals surface area contributed by atoms with E-state index < -0.39 is 0 Å². The van der Waals surface area contributed by atoms with Crippen LogP contribution >= 0.6 is 0 Å². The minimum atomic E-state index is 0.0932. The highest BCUT2D eigenvalue weighted by Crippen LogP contribution is 2.11. The quantitative estimate of drug-likeness (QED) is 0.738. The molecule has 1 amide bonds. The molecular weight excluding hydrogens is 302 g/mol. The molecule has 1 saturated heterocycles. The summed E-state index contributed by atoms with van der Waals surface area (Å²) >= 11 is 0. The van der Waals surface area contributed by atoms with Crippen LogP contribution in [0.2, 0.25) is 0 Å². The number of likely N-dealkylation sites (N-methyl/N-ethyl adjacent to an activating group) is 1. The molecule has 0 unspecified atom stereocenters. The lowest BCUT2D eigenvalue weighted by atomic mass is 10.1. The van der Waals surface area contributed by atoms with Crippen LogP contribution in [0.1, 0.15) is 31.4 Å². The fourth-order valence-corrected chi connectivity index (χ4v) is 3.04. The minimum Gasteiger partial charge on any atom is -0.377 e. The number of nitrogens with one attached hydrogen (secondary N) is 1. The fourth-order valence-electron chi connectivity index (χ4n) is 3.04. The summed E-state index contributed by atoms with van der Waals surface area (Å²) < 4.78 is 5.64. The first kappa shape index (κ1) is 18.9. The number of nitrogens with zero attached hydrogens (tertiary/aromatic N) is 2. The molecule has 5 nitrogen and oxygen atoms in total. The predicted octanol–water partition coefficient (Wildman–Crippen LogP) is 1.87. The van der Waals surface area contributed by atoms with Gasteiger partial charge in [0.2, 0.25) is 5.91 Å². The summed E-state index contributed by atoms with van der Waals surface area (Å²) in [6, 6.07) is 8.57. The van der Waals surface area contributed by atoms with Crippen molar-refractivity contribution < 1.29 is 9.53 Å². The molecule has 1 aromatic carbocycles. The Labute approximate surface area is 146 Å². The van der Waals surface area contributed by atoms with Crippen molar-refractivity contribution in [3.8, 4) is 0 Å². The third-order valence-electron chi connectivity index (χ3n) is 4.52. The molecule has 1 fully saturated rings. The zero-order valence-electron chi connectivity index (χ0n) is 15.3. The molecule has 5 heteroatoms. The first-order valence-electron chi connectivity index (χ1n) is 8.94. The van der Waals surface area contributed by atoms with Crippen LogP contribution in [0.15, 0.2) is 24.3 Å². The molecule has 24 heavy (non-hydrogen) atoms. The monoisotopic (exact) mass is 333 g/mol. The van der Waals surface area contributed by atoms with Gasteiger partial charge in [0.25, 0.3) is 0 Å². The minimum absolute atomic E-state index is 0.0932. The van der Waals surface area contributed by atoms with Crippen molar-refractivity contribution >= 4 is 5.91 Å². The molecular formula is C19H31N3O2. The maximum absolute atomic E-state index is 12.3. The highest BCUT2D eigenvalue weighted by Gasteiger charge is 2.23. The predicted molar refractivity (Wildman–Crippen MR) is 96.8 cm³/mol. The van der Waals surface area contributed by atoms with Gasteiger partial charge in [0.15, 0.2) is 0 Å². The van der Waals surface area contributed by atoms with Gasteiger partial charge in [0.05, 0.1) is 13.2 Å². The molecule has 0 aliphatic carbocycles. The van der Waals surface area contributed by atoms with Gasteiger partial charge in [-0.25, -0.2) is 0 Å². The molecule has 1 aromatic rings. The second-order valence-corrected chi connectivity index (χ2v) is 6.68. The van der Waals surface area contributed by atoms with Crippen molar-refractivity contribution in [1.29, 1.82) is 0 Å². The topological polar surface area (TPSA) is 44.8 Å². The molecule has 1 atom stereocenters. The Hall–Kier alpha value is -1.43. The fraction of sp³-hybridized carbons (Fsp3) is 0.632. The third-order valence-corrected chi connectivity index (χ3v) is 4.52. The van der Waals surface area contributed by atoms with Gasteiger partial charge in [0.1, 0.15) is 0 Å². The second-order valence-electron chi connectivity index (χ2n) is 6.68. The molecule has 0 aromatic heterocycles. The summed E-state index contributed by atoms with van der Waals surface area (Å²) in [5.74, 6) is 0.0932. The maximum Gasteiger partial charge on any atom is 0.234 e. The summed E-state index contributed by atoms with van der Waals surface area (Å²) in [5.41, 5.74) is 2.28. The number of hydrogen-bond acceptors (Lipinski definition) is 4. The average molecular weight is 333 g/mol. The van der Waals surface area contributed by atoms with E-state index in [1.165, 1.54) is 0 Å². The summed E-state index contributed by atoms with van der Waals surface area (Å²) in [6.07, 6.45) is 1.02. The lowest BCUT2D eigenvalue weighted by Gasteiger charge is -2.37. The van der Waals surface area contributed by atoms with Gasteiger partial charge in [-0.05, 0) is 31.5 Å². The van der Waals surface area contributed by atoms with Crippen molar-refractivity contribution in [3.05, 3.63) is 35.4 Å². The van der Waals surface area contributed by atoms with E-state index in [1.54, 1.807) is 0 Å². The van der Waals surface area contributed by atoms with Gasteiger partial charge in [-0.15, -0.1) is 0 Å². The molecule has 2 rings (SSSR count). The van der Waals surface area contributed by atoms with Crippen LogP contribution in [-0.4, -0.2) is 61.6 Å². The van der Waals surface area contributed by atoms with Gasteiger partial charge >= 0.3 is 0 Å². The Morgan fingerprint density at radius 1 is 1.29 bits per heavy atom. The third kappa shape index (κ3) is 5.89. The van der Waals surface area contributed by atoms with Crippen molar-refractivity contribution in [2.24, 2.45) is 0 Å². The van der Waals surface area contributed by atoms with Gasteiger partial charge in [-0.1, -0.05) is 31.2 Å². The smallest absolute Gasteiger partial charge is 0.234 e. The zero-order chi connectivity index (χ0) is 17.4. The van der Waals surface area contributed by atoms with Crippen molar-refractivity contribution in [2.75, 3.05) is 39.8 Å². The molecule has 0 saturated carbocycles. The number of rotatable bonds is 8. The van der Waals surface area contributed by atoms with Gasteiger partial charge < -0.3 is 15.0 Å². The van der Waals surface area contributed by atoms with Crippen LogP contribution in [0.5, 0.6) is 0 Å². The number of ether oxygens (including phenoxy) is 1. The van der Waals surface area contributed by atoms with Crippen LogP contribution < -0.4 is 5.32 Å². The Morgan fingerprint density at radius 2 is 2.04 bits per heavy atom. The molecule has 0 bridgehead atoms.